The Labute approximate surface area is 137 Å². The Kier molecular flexibility index (Phi) is 4.68. The summed E-state index contributed by atoms with van der Waals surface area (Å²) >= 11 is 3.42. The lowest BCUT2D eigenvalue weighted by Crippen LogP contribution is -2.36. The lowest BCUT2D eigenvalue weighted by molar-refractivity contribution is 0.0718. The van der Waals surface area contributed by atoms with Gasteiger partial charge in [0.2, 0.25) is 0 Å². The number of carbonyl (C=O) groups is 1. The Balaban J connectivity index is 1.68. The van der Waals surface area contributed by atoms with Crippen molar-refractivity contribution in [1.29, 1.82) is 0 Å². The summed E-state index contributed by atoms with van der Waals surface area (Å²) in [5.41, 5.74) is 1.32. The Morgan fingerprint density at radius 2 is 1.95 bits per heavy atom. The SMILES string of the molecule is O=C(c1cnc(Nc2cccc(Br)c2)cn1)N1CCCCC1. The van der Waals surface area contributed by atoms with Gasteiger partial charge >= 0.3 is 0 Å². The van der Waals surface area contributed by atoms with Gasteiger partial charge in [0.15, 0.2) is 0 Å². The molecular weight excluding hydrogens is 344 g/mol. The van der Waals surface area contributed by atoms with Gasteiger partial charge in [0.05, 0.1) is 12.4 Å². The van der Waals surface area contributed by atoms with Gasteiger partial charge in [0.1, 0.15) is 11.5 Å². The number of aromatic nitrogens is 2. The number of benzene rings is 1. The van der Waals surface area contributed by atoms with Gasteiger partial charge in [-0.05, 0) is 37.5 Å². The van der Waals surface area contributed by atoms with Crippen molar-refractivity contribution in [3.8, 4) is 0 Å². The second-order valence-corrected chi connectivity index (χ2v) is 6.19. The maximum Gasteiger partial charge on any atom is 0.274 e. The molecule has 0 spiro atoms. The predicted molar refractivity (Wildman–Crippen MR) is 89.2 cm³/mol. The fraction of sp³-hybridized carbons (Fsp3) is 0.312. The molecule has 22 heavy (non-hydrogen) atoms. The van der Waals surface area contributed by atoms with Crippen molar-refractivity contribution in [3.63, 3.8) is 0 Å². The van der Waals surface area contributed by atoms with Gasteiger partial charge in [-0.1, -0.05) is 22.0 Å². The van der Waals surface area contributed by atoms with E-state index in [1.54, 1.807) is 6.20 Å². The van der Waals surface area contributed by atoms with Gasteiger partial charge in [0.25, 0.3) is 5.91 Å². The second-order valence-electron chi connectivity index (χ2n) is 5.28. The Morgan fingerprint density at radius 3 is 2.64 bits per heavy atom. The van der Waals surface area contributed by atoms with Crippen molar-refractivity contribution >= 4 is 33.3 Å². The quantitative estimate of drug-likeness (QED) is 0.908. The predicted octanol–water partition coefficient (Wildman–Crippen LogP) is 3.61. The molecule has 1 fully saturated rings. The molecule has 3 rings (SSSR count). The molecule has 1 saturated heterocycles. The van der Waals surface area contributed by atoms with Crippen LogP contribution in [0.2, 0.25) is 0 Å². The van der Waals surface area contributed by atoms with Crippen LogP contribution in [0, 0.1) is 0 Å². The molecule has 1 aliphatic heterocycles. The first-order chi connectivity index (χ1) is 10.7. The number of likely N-dealkylation sites (tertiary alicyclic amines) is 1. The number of hydrogen-bond acceptors (Lipinski definition) is 4. The monoisotopic (exact) mass is 360 g/mol. The summed E-state index contributed by atoms with van der Waals surface area (Å²) in [5, 5.41) is 3.16. The van der Waals surface area contributed by atoms with E-state index in [2.05, 4.69) is 31.2 Å². The maximum atomic E-state index is 12.3. The number of hydrogen-bond donors (Lipinski definition) is 1. The molecule has 1 amide bonds. The summed E-state index contributed by atoms with van der Waals surface area (Å²) in [4.78, 5) is 22.7. The highest BCUT2D eigenvalue weighted by Gasteiger charge is 2.19. The van der Waals surface area contributed by atoms with Crippen LogP contribution >= 0.6 is 15.9 Å². The highest BCUT2D eigenvalue weighted by molar-refractivity contribution is 9.10. The van der Waals surface area contributed by atoms with Crippen molar-refractivity contribution in [2.75, 3.05) is 18.4 Å². The first-order valence-electron chi connectivity index (χ1n) is 7.36. The summed E-state index contributed by atoms with van der Waals surface area (Å²) in [6, 6.07) is 7.79. The number of carbonyl (C=O) groups excluding carboxylic acids is 1. The third-order valence-electron chi connectivity index (χ3n) is 3.61. The third kappa shape index (κ3) is 3.62. The molecule has 6 heteroatoms. The van der Waals surface area contributed by atoms with E-state index in [1.165, 1.54) is 12.6 Å². The third-order valence-corrected chi connectivity index (χ3v) is 4.10. The molecule has 5 nitrogen and oxygen atoms in total. The molecule has 1 aromatic carbocycles. The van der Waals surface area contributed by atoms with Crippen LogP contribution in [0.4, 0.5) is 11.5 Å². The topological polar surface area (TPSA) is 58.1 Å². The number of nitrogens with one attached hydrogen (secondary N) is 1. The minimum Gasteiger partial charge on any atom is -0.339 e. The standard InChI is InChI=1S/C16H17BrN4O/c17-12-5-4-6-13(9-12)20-15-11-18-14(10-19-15)16(22)21-7-2-1-3-8-21/h4-6,9-11H,1-3,7-8H2,(H,19,20). The maximum absolute atomic E-state index is 12.3. The number of nitrogens with zero attached hydrogens (tertiary/aromatic N) is 3. The molecule has 0 bridgehead atoms. The van der Waals surface area contributed by atoms with Gasteiger partial charge < -0.3 is 10.2 Å². The van der Waals surface area contributed by atoms with E-state index in [0.717, 1.165) is 36.1 Å². The van der Waals surface area contributed by atoms with E-state index >= 15 is 0 Å². The van der Waals surface area contributed by atoms with E-state index in [-0.39, 0.29) is 5.91 Å². The first-order valence-corrected chi connectivity index (χ1v) is 8.15. The van der Waals surface area contributed by atoms with Gasteiger partial charge in [-0.3, -0.25) is 4.79 Å². The summed E-state index contributed by atoms with van der Waals surface area (Å²) in [5.74, 6) is 0.592. The van der Waals surface area contributed by atoms with Crippen LogP contribution in [-0.2, 0) is 0 Å². The van der Waals surface area contributed by atoms with Crippen LogP contribution in [-0.4, -0.2) is 33.9 Å². The van der Waals surface area contributed by atoms with Gasteiger partial charge in [-0.15, -0.1) is 0 Å². The molecule has 1 aromatic heterocycles. The van der Waals surface area contributed by atoms with E-state index in [9.17, 15) is 4.79 Å². The van der Waals surface area contributed by atoms with Crippen LogP contribution < -0.4 is 5.32 Å². The number of amides is 1. The Morgan fingerprint density at radius 1 is 1.14 bits per heavy atom. The highest BCUT2D eigenvalue weighted by atomic mass is 79.9. The molecule has 1 N–H and O–H groups in total. The smallest absolute Gasteiger partial charge is 0.274 e. The van der Waals surface area contributed by atoms with Crippen LogP contribution in [0.1, 0.15) is 29.8 Å². The second kappa shape index (κ2) is 6.87. The molecule has 0 saturated carbocycles. The van der Waals surface area contributed by atoms with Crippen LogP contribution in [0.3, 0.4) is 0 Å². The van der Waals surface area contributed by atoms with Crippen molar-refractivity contribution < 1.29 is 4.79 Å². The molecular formula is C16H17BrN4O. The fourth-order valence-corrected chi connectivity index (χ4v) is 2.88. The van der Waals surface area contributed by atoms with Crippen LogP contribution in [0.25, 0.3) is 0 Å². The van der Waals surface area contributed by atoms with Crippen molar-refractivity contribution in [3.05, 3.63) is 46.8 Å². The zero-order valence-electron chi connectivity index (χ0n) is 12.1. The normalized spacial score (nSPS) is 14.7. The number of piperidine rings is 1. The van der Waals surface area contributed by atoms with E-state index in [4.69, 9.17) is 0 Å². The summed E-state index contributed by atoms with van der Waals surface area (Å²) in [6.07, 6.45) is 6.48. The Hall–Kier alpha value is -1.95. The lowest BCUT2D eigenvalue weighted by atomic mass is 10.1. The molecule has 0 atom stereocenters. The van der Waals surface area contributed by atoms with Crippen molar-refractivity contribution in [2.24, 2.45) is 0 Å². The summed E-state index contributed by atoms with van der Waals surface area (Å²) in [7, 11) is 0. The van der Waals surface area contributed by atoms with Crippen molar-refractivity contribution in [2.45, 2.75) is 19.3 Å². The largest absolute Gasteiger partial charge is 0.339 e. The highest BCUT2D eigenvalue weighted by Crippen LogP contribution is 2.19. The number of halogens is 1. The molecule has 1 aliphatic rings. The minimum absolute atomic E-state index is 0.0267. The van der Waals surface area contributed by atoms with E-state index < -0.39 is 0 Å². The number of rotatable bonds is 3. The van der Waals surface area contributed by atoms with Crippen LogP contribution in [0.5, 0.6) is 0 Å². The van der Waals surface area contributed by atoms with Gasteiger partial charge in [-0.2, -0.15) is 0 Å². The molecule has 114 valence electrons. The minimum atomic E-state index is -0.0267. The van der Waals surface area contributed by atoms with Crippen LogP contribution in [0.15, 0.2) is 41.1 Å². The zero-order chi connectivity index (χ0) is 15.4. The zero-order valence-corrected chi connectivity index (χ0v) is 13.7. The number of anilines is 2. The Bertz CT molecular complexity index is 653. The molecule has 2 aromatic rings. The molecule has 0 aliphatic carbocycles. The summed E-state index contributed by atoms with van der Waals surface area (Å²) < 4.78 is 0.988. The van der Waals surface area contributed by atoms with E-state index in [1.807, 2.05) is 29.2 Å². The first kappa shape index (κ1) is 15.0. The molecule has 0 radical (unpaired) electrons. The van der Waals surface area contributed by atoms with E-state index in [0.29, 0.717) is 11.5 Å². The van der Waals surface area contributed by atoms with Gasteiger partial charge in [-0.25, -0.2) is 9.97 Å². The van der Waals surface area contributed by atoms with Crippen molar-refractivity contribution in [1.82, 2.24) is 14.9 Å². The average Bonchev–Trinajstić information content (AvgIpc) is 2.56. The fourth-order valence-electron chi connectivity index (χ4n) is 2.48. The molecule has 0 unspecified atom stereocenters. The lowest BCUT2D eigenvalue weighted by Gasteiger charge is -2.26. The average molecular weight is 361 g/mol. The summed E-state index contributed by atoms with van der Waals surface area (Å²) in [6.45, 7) is 1.64. The van der Waals surface area contributed by atoms with Gasteiger partial charge in [0, 0.05) is 23.2 Å². The molecule has 2 heterocycles.